The second-order valence-electron chi connectivity index (χ2n) is 5.36. The van der Waals surface area contributed by atoms with E-state index in [4.69, 9.17) is 15.1 Å². The van der Waals surface area contributed by atoms with Crippen LogP contribution in [0.5, 0.6) is 0 Å². The fraction of sp³-hybridized carbons (Fsp3) is 0.688. The van der Waals surface area contributed by atoms with Gasteiger partial charge in [-0.05, 0) is 33.1 Å². The van der Waals surface area contributed by atoms with Crippen molar-refractivity contribution in [3.63, 3.8) is 0 Å². The van der Waals surface area contributed by atoms with Crippen LogP contribution in [-0.4, -0.2) is 42.8 Å². The van der Waals surface area contributed by atoms with E-state index in [1.54, 1.807) is 0 Å². The summed E-state index contributed by atoms with van der Waals surface area (Å²) in [6.07, 6.45) is 4.55. The number of carbonyl (C=O) groups is 2. The molecule has 0 bridgehead atoms. The molecular formula is C16H27N3O4. The van der Waals surface area contributed by atoms with Gasteiger partial charge in [-0.1, -0.05) is 6.42 Å². The smallest absolute Gasteiger partial charge is 0.303 e. The summed E-state index contributed by atoms with van der Waals surface area (Å²) in [6.45, 7) is 5.61. The maximum Gasteiger partial charge on any atom is 0.303 e. The first-order chi connectivity index (χ1) is 11.0. The van der Waals surface area contributed by atoms with Crippen LogP contribution in [0.4, 0.5) is 0 Å². The lowest BCUT2D eigenvalue weighted by Gasteiger charge is -2.07. The Morgan fingerprint density at radius 1 is 1.22 bits per heavy atom. The van der Waals surface area contributed by atoms with E-state index >= 15 is 0 Å². The van der Waals surface area contributed by atoms with Gasteiger partial charge in [0.1, 0.15) is 11.6 Å². The summed E-state index contributed by atoms with van der Waals surface area (Å²) >= 11 is 0. The third-order valence-corrected chi connectivity index (χ3v) is 2.88. The number of nitrogens with one attached hydrogen (secondary N) is 2. The van der Waals surface area contributed by atoms with Crippen LogP contribution in [0.2, 0.25) is 0 Å². The van der Waals surface area contributed by atoms with Crippen LogP contribution in [-0.2, 0) is 14.3 Å². The Balaban J connectivity index is 3.82. The van der Waals surface area contributed by atoms with Gasteiger partial charge in [0.25, 0.3) is 5.91 Å². The molecule has 0 unspecified atom stereocenters. The summed E-state index contributed by atoms with van der Waals surface area (Å²) < 4.78 is 5.38. The Bertz CT molecular complexity index is 428. The molecule has 0 aliphatic carbocycles. The molecule has 1 amide bonds. The Hall–Kier alpha value is -2.07. The molecule has 0 heterocycles. The lowest BCUT2D eigenvalue weighted by Crippen LogP contribution is -2.26. The number of hydrogen-bond donors (Lipinski definition) is 3. The van der Waals surface area contributed by atoms with Gasteiger partial charge in [-0.15, -0.1) is 0 Å². The van der Waals surface area contributed by atoms with Gasteiger partial charge in [-0.3, -0.25) is 9.59 Å². The molecule has 0 fully saturated rings. The predicted molar refractivity (Wildman–Crippen MR) is 86.5 cm³/mol. The SMILES string of the molecule is CC(C)OCCCN/C=C(/C#N)C(=O)NCCCCCC(=O)O. The number of ether oxygens (including phenoxy) is 1. The zero-order chi connectivity index (χ0) is 17.5. The average molecular weight is 325 g/mol. The van der Waals surface area contributed by atoms with E-state index in [1.807, 2.05) is 19.9 Å². The molecular weight excluding hydrogens is 298 g/mol. The minimum Gasteiger partial charge on any atom is -0.481 e. The van der Waals surface area contributed by atoms with Gasteiger partial charge < -0.3 is 20.5 Å². The minimum atomic E-state index is -0.811. The minimum absolute atomic E-state index is 0.0281. The van der Waals surface area contributed by atoms with Gasteiger partial charge in [-0.25, -0.2) is 0 Å². The number of aliphatic carboxylic acids is 1. The van der Waals surface area contributed by atoms with Gasteiger partial charge in [0.05, 0.1) is 6.10 Å². The molecule has 7 heteroatoms. The highest BCUT2D eigenvalue weighted by Crippen LogP contribution is 1.99. The Labute approximate surface area is 137 Å². The number of amides is 1. The lowest BCUT2D eigenvalue weighted by atomic mass is 10.2. The number of carbonyl (C=O) groups excluding carboxylic acids is 1. The maximum absolute atomic E-state index is 11.8. The van der Waals surface area contributed by atoms with Crippen molar-refractivity contribution in [2.24, 2.45) is 0 Å². The highest BCUT2D eigenvalue weighted by molar-refractivity contribution is 5.97. The van der Waals surface area contributed by atoms with Crippen molar-refractivity contribution in [3.8, 4) is 6.07 Å². The molecule has 0 aliphatic heterocycles. The van der Waals surface area contributed by atoms with E-state index < -0.39 is 11.9 Å². The lowest BCUT2D eigenvalue weighted by molar-refractivity contribution is -0.137. The van der Waals surface area contributed by atoms with E-state index in [0.29, 0.717) is 32.5 Å². The van der Waals surface area contributed by atoms with Crippen molar-refractivity contribution in [1.82, 2.24) is 10.6 Å². The van der Waals surface area contributed by atoms with Gasteiger partial charge in [0.2, 0.25) is 0 Å². The van der Waals surface area contributed by atoms with Crippen molar-refractivity contribution in [2.45, 2.75) is 52.1 Å². The van der Waals surface area contributed by atoms with E-state index in [-0.39, 0.29) is 18.1 Å². The van der Waals surface area contributed by atoms with E-state index in [2.05, 4.69) is 10.6 Å². The molecule has 0 aromatic rings. The van der Waals surface area contributed by atoms with Crippen LogP contribution in [0.1, 0.15) is 46.0 Å². The van der Waals surface area contributed by atoms with Gasteiger partial charge in [-0.2, -0.15) is 5.26 Å². The molecule has 0 spiro atoms. The fourth-order valence-corrected chi connectivity index (χ4v) is 1.69. The van der Waals surface area contributed by atoms with Crippen molar-refractivity contribution in [1.29, 1.82) is 5.26 Å². The highest BCUT2D eigenvalue weighted by atomic mass is 16.5. The first kappa shape index (κ1) is 20.9. The first-order valence-electron chi connectivity index (χ1n) is 7.92. The third-order valence-electron chi connectivity index (χ3n) is 2.88. The second-order valence-corrected chi connectivity index (χ2v) is 5.36. The zero-order valence-corrected chi connectivity index (χ0v) is 13.9. The van der Waals surface area contributed by atoms with Crippen LogP contribution < -0.4 is 10.6 Å². The molecule has 7 nitrogen and oxygen atoms in total. The molecule has 0 saturated heterocycles. The fourth-order valence-electron chi connectivity index (χ4n) is 1.69. The van der Waals surface area contributed by atoms with E-state index in [1.165, 1.54) is 6.20 Å². The quantitative estimate of drug-likeness (QED) is 0.269. The average Bonchev–Trinajstić information content (AvgIpc) is 2.49. The second kappa shape index (κ2) is 13.6. The predicted octanol–water partition coefficient (Wildman–Crippen LogP) is 1.56. The van der Waals surface area contributed by atoms with Crippen LogP contribution >= 0.6 is 0 Å². The van der Waals surface area contributed by atoms with Gasteiger partial charge in [0.15, 0.2) is 0 Å². The Morgan fingerprint density at radius 2 is 1.96 bits per heavy atom. The molecule has 0 rings (SSSR count). The van der Waals surface area contributed by atoms with Gasteiger partial charge >= 0.3 is 5.97 Å². The molecule has 3 N–H and O–H groups in total. The summed E-state index contributed by atoms with van der Waals surface area (Å²) in [7, 11) is 0. The van der Waals surface area contributed by atoms with E-state index in [0.717, 1.165) is 12.8 Å². The number of hydrogen-bond acceptors (Lipinski definition) is 5. The first-order valence-corrected chi connectivity index (χ1v) is 7.92. The summed E-state index contributed by atoms with van der Waals surface area (Å²) in [5.74, 6) is -1.23. The van der Waals surface area contributed by atoms with E-state index in [9.17, 15) is 9.59 Å². The number of nitriles is 1. The molecule has 0 atom stereocenters. The van der Waals surface area contributed by atoms with Crippen molar-refractivity contribution in [2.75, 3.05) is 19.7 Å². The number of unbranched alkanes of at least 4 members (excludes halogenated alkanes) is 2. The molecule has 0 saturated carbocycles. The topological polar surface area (TPSA) is 111 Å². The number of carboxylic acid groups (broad SMARTS) is 1. The van der Waals surface area contributed by atoms with Crippen LogP contribution in [0.25, 0.3) is 0 Å². The molecule has 0 aromatic carbocycles. The van der Waals surface area contributed by atoms with Crippen molar-refractivity contribution in [3.05, 3.63) is 11.8 Å². The zero-order valence-electron chi connectivity index (χ0n) is 13.9. The third kappa shape index (κ3) is 13.3. The normalized spacial score (nSPS) is 11.1. The standard InChI is InChI=1S/C16H27N3O4/c1-13(2)23-10-6-8-18-12-14(11-17)16(22)19-9-5-3-4-7-15(20)21/h12-13,18H,3-10H2,1-2H3,(H,19,22)(H,20,21)/b14-12-. The van der Waals surface area contributed by atoms with Gasteiger partial charge in [0, 0.05) is 32.3 Å². The molecule has 23 heavy (non-hydrogen) atoms. The summed E-state index contributed by atoms with van der Waals surface area (Å²) in [5.41, 5.74) is 0.0281. The Kier molecular flexibility index (Phi) is 12.4. The maximum atomic E-state index is 11.8. The number of nitrogens with zero attached hydrogens (tertiary/aromatic N) is 1. The highest BCUT2D eigenvalue weighted by Gasteiger charge is 2.07. The Morgan fingerprint density at radius 3 is 2.57 bits per heavy atom. The monoisotopic (exact) mass is 325 g/mol. The van der Waals surface area contributed by atoms with Crippen molar-refractivity contribution < 1.29 is 19.4 Å². The molecule has 130 valence electrons. The van der Waals surface area contributed by atoms with Crippen LogP contribution in [0.3, 0.4) is 0 Å². The number of rotatable bonds is 13. The van der Waals surface area contributed by atoms with Crippen LogP contribution in [0.15, 0.2) is 11.8 Å². The molecule has 0 aromatic heterocycles. The summed E-state index contributed by atoms with van der Waals surface area (Å²) in [4.78, 5) is 22.1. The summed E-state index contributed by atoms with van der Waals surface area (Å²) in [6, 6.07) is 1.86. The molecule has 0 aliphatic rings. The van der Waals surface area contributed by atoms with Crippen LogP contribution in [0, 0.1) is 11.3 Å². The largest absolute Gasteiger partial charge is 0.481 e. The summed E-state index contributed by atoms with van der Waals surface area (Å²) in [5, 5.41) is 23.0. The number of carboxylic acids is 1. The van der Waals surface area contributed by atoms with Crippen molar-refractivity contribution >= 4 is 11.9 Å². The molecule has 0 radical (unpaired) electrons.